The smallest absolute Gasteiger partial charge is 0.217 e. The molecule has 3 heterocycles. The van der Waals surface area contributed by atoms with E-state index >= 15 is 0 Å². The molecule has 0 aromatic carbocycles. The zero-order chi connectivity index (χ0) is 12.9. The molecular weight excluding hydrogens is 291 g/mol. The number of fused-ring (bicyclic) bond motifs is 3. The monoisotopic (exact) mass is 294 g/mol. The van der Waals surface area contributed by atoms with Crippen molar-refractivity contribution in [1.29, 1.82) is 5.26 Å². The molecule has 0 amide bonds. The molecule has 0 radical (unpaired) electrons. The van der Waals surface area contributed by atoms with Crippen LogP contribution in [0.25, 0.3) is 15.7 Å². The van der Waals surface area contributed by atoms with Crippen molar-refractivity contribution >= 4 is 50.3 Å². The average Bonchev–Trinajstić information content (AvgIpc) is 2.68. The van der Waals surface area contributed by atoms with Gasteiger partial charge in [0, 0.05) is 6.20 Å². The van der Waals surface area contributed by atoms with Crippen LogP contribution < -0.4 is 5.43 Å². The highest BCUT2D eigenvalue weighted by molar-refractivity contribution is 7.23. The van der Waals surface area contributed by atoms with Gasteiger partial charge in [0.05, 0.1) is 16.1 Å². The Balaban J connectivity index is 2.78. The molecule has 0 bridgehead atoms. The van der Waals surface area contributed by atoms with Crippen molar-refractivity contribution in [1.82, 2.24) is 4.40 Å². The predicted octanol–water partition coefficient (Wildman–Crippen LogP) is 3.69. The van der Waals surface area contributed by atoms with Crippen molar-refractivity contribution in [2.75, 3.05) is 0 Å². The van der Waals surface area contributed by atoms with Crippen LogP contribution in [-0.4, -0.2) is 4.40 Å². The fourth-order valence-electron chi connectivity index (χ4n) is 1.92. The van der Waals surface area contributed by atoms with Crippen molar-refractivity contribution in [3.05, 3.63) is 49.5 Å². The summed E-state index contributed by atoms with van der Waals surface area (Å²) in [5.41, 5.74) is 0.885. The molecular formula is C12H4Cl2N2OS. The quantitative estimate of drug-likeness (QED) is 0.635. The van der Waals surface area contributed by atoms with E-state index in [1.807, 2.05) is 6.07 Å². The minimum atomic E-state index is -0.322. The normalized spacial score (nSPS) is 10.9. The van der Waals surface area contributed by atoms with E-state index in [1.165, 1.54) is 0 Å². The fourth-order valence-corrected chi connectivity index (χ4v) is 3.46. The molecule has 0 fully saturated rings. The Hall–Kier alpha value is -1.54. The lowest BCUT2D eigenvalue weighted by Gasteiger charge is -2.04. The van der Waals surface area contributed by atoms with Crippen LogP contribution in [0.5, 0.6) is 0 Å². The van der Waals surface area contributed by atoms with E-state index < -0.39 is 0 Å². The number of nitriles is 1. The van der Waals surface area contributed by atoms with E-state index in [2.05, 4.69) is 0 Å². The van der Waals surface area contributed by atoms with E-state index in [9.17, 15) is 4.79 Å². The molecule has 3 aromatic heterocycles. The number of pyridine rings is 2. The maximum atomic E-state index is 12.2. The van der Waals surface area contributed by atoms with Gasteiger partial charge in [0.15, 0.2) is 0 Å². The molecule has 0 spiro atoms. The Morgan fingerprint density at radius 1 is 1.33 bits per heavy atom. The zero-order valence-corrected chi connectivity index (χ0v) is 11.1. The van der Waals surface area contributed by atoms with Crippen molar-refractivity contribution in [3.8, 4) is 6.07 Å². The summed E-state index contributed by atoms with van der Waals surface area (Å²) in [6, 6.07) is 7.23. The summed E-state index contributed by atoms with van der Waals surface area (Å²) in [6.45, 7) is 0. The van der Waals surface area contributed by atoms with Crippen LogP contribution in [-0.2, 0) is 0 Å². The Kier molecular flexibility index (Phi) is 2.56. The second kappa shape index (κ2) is 3.99. The van der Waals surface area contributed by atoms with Gasteiger partial charge in [-0.2, -0.15) is 5.26 Å². The second-order valence-corrected chi connectivity index (χ2v) is 5.64. The van der Waals surface area contributed by atoms with Gasteiger partial charge in [-0.05, 0) is 12.1 Å². The third-order valence-corrected chi connectivity index (χ3v) is 4.65. The molecule has 6 heteroatoms. The molecule has 0 unspecified atom stereocenters. The molecule has 18 heavy (non-hydrogen) atoms. The third kappa shape index (κ3) is 1.39. The van der Waals surface area contributed by atoms with E-state index in [0.29, 0.717) is 25.1 Å². The van der Waals surface area contributed by atoms with E-state index in [0.717, 1.165) is 11.3 Å². The topological polar surface area (TPSA) is 45.3 Å². The van der Waals surface area contributed by atoms with Gasteiger partial charge in [0.25, 0.3) is 0 Å². The molecule has 3 rings (SSSR count). The van der Waals surface area contributed by atoms with Crippen molar-refractivity contribution in [2.45, 2.75) is 0 Å². The van der Waals surface area contributed by atoms with Gasteiger partial charge in [-0.3, -0.25) is 4.79 Å². The van der Waals surface area contributed by atoms with Gasteiger partial charge in [-0.25, -0.2) is 0 Å². The zero-order valence-electron chi connectivity index (χ0n) is 8.78. The first-order valence-corrected chi connectivity index (χ1v) is 6.53. The molecule has 0 aliphatic heterocycles. The predicted molar refractivity (Wildman–Crippen MR) is 73.8 cm³/mol. The van der Waals surface area contributed by atoms with E-state index in [4.69, 9.17) is 28.5 Å². The van der Waals surface area contributed by atoms with Gasteiger partial charge in [0.2, 0.25) is 5.43 Å². The van der Waals surface area contributed by atoms with Crippen molar-refractivity contribution in [2.24, 2.45) is 0 Å². The molecule has 0 atom stereocenters. The van der Waals surface area contributed by atoms with Crippen LogP contribution in [0.4, 0.5) is 0 Å². The number of hydrogen-bond donors (Lipinski definition) is 0. The van der Waals surface area contributed by atoms with Crippen molar-refractivity contribution in [3.63, 3.8) is 0 Å². The van der Waals surface area contributed by atoms with Crippen LogP contribution in [0.3, 0.4) is 0 Å². The lowest BCUT2D eigenvalue weighted by atomic mass is 10.2. The number of hydrogen-bond acceptors (Lipinski definition) is 3. The standard InChI is InChI=1S/C12H4Cl2N2OS/c13-8-9-11(18-12(8)14)10(17)6(5-15)7-3-1-2-4-16(7)9/h1-4H. The first-order valence-electron chi connectivity index (χ1n) is 4.96. The molecule has 0 aliphatic carbocycles. The summed E-state index contributed by atoms with van der Waals surface area (Å²) in [7, 11) is 0. The number of nitrogens with zero attached hydrogens (tertiary/aromatic N) is 2. The highest BCUT2D eigenvalue weighted by Crippen LogP contribution is 2.37. The Morgan fingerprint density at radius 2 is 2.11 bits per heavy atom. The fraction of sp³-hybridized carbons (Fsp3) is 0. The minimum absolute atomic E-state index is 0.109. The third-order valence-electron chi connectivity index (χ3n) is 2.69. The summed E-state index contributed by atoms with van der Waals surface area (Å²) >= 11 is 13.2. The number of rotatable bonds is 0. The SMILES string of the molecule is N#Cc1c(=O)c2sc(Cl)c(Cl)c2n2ccccc12. The van der Waals surface area contributed by atoms with Gasteiger partial charge < -0.3 is 4.40 Å². The highest BCUT2D eigenvalue weighted by Gasteiger charge is 2.18. The first kappa shape index (κ1) is 11.5. The lowest BCUT2D eigenvalue weighted by molar-refractivity contribution is 1.22. The van der Waals surface area contributed by atoms with Gasteiger partial charge in [0.1, 0.15) is 20.7 Å². The maximum Gasteiger partial charge on any atom is 0.217 e. The number of halogens is 2. The van der Waals surface area contributed by atoms with E-state index in [1.54, 1.807) is 28.8 Å². The molecule has 3 nitrogen and oxygen atoms in total. The first-order chi connectivity index (χ1) is 8.65. The van der Waals surface area contributed by atoms with Gasteiger partial charge in [-0.15, -0.1) is 11.3 Å². The van der Waals surface area contributed by atoms with Crippen LogP contribution in [0.2, 0.25) is 9.36 Å². The van der Waals surface area contributed by atoms with Crippen LogP contribution >= 0.6 is 34.5 Å². The molecule has 0 saturated carbocycles. The summed E-state index contributed by atoms with van der Waals surface area (Å²) in [5, 5.41) is 9.47. The molecule has 0 aliphatic rings. The Morgan fingerprint density at radius 3 is 2.83 bits per heavy atom. The summed E-state index contributed by atoms with van der Waals surface area (Å²) in [5.74, 6) is 0. The Labute approximate surface area is 115 Å². The maximum absolute atomic E-state index is 12.2. The van der Waals surface area contributed by atoms with Crippen LogP contribution in [0.1, 0.15) is 5.56 Å². The molecule has 3 aromatic rings. The summed E-state index contributed by atoms with van der Waals surface area (Å²) < 4.78 is 2.49. The molecule has 88 valence electrons. The number of thiophene rings is 1. The lowest BCUT2D eigenvalue weighted by Crippen LogP contribution is -2.09. The number of aromatic nitrogens is 1. The van der Waals surface area contributed by atoms with E-state index in [-0.39, 0.29) is 11.0 Å². The average molecular weight is 295 g/mol. The van der Waals surface area contributed by atoms with Crippen LogP contribution in [0, 0.1) is 11.3 Å². The van der Waals surface area contributed by atoms with Crippen LogP contribution in [0.15, 0.2) is 29.2 Å². The van der Waals surface area contributed by atoms with Crippen molar-refractivity contribution < 1.29 is 0 Å². The Bertz CT molecular complexity index is 889. The summed E-state index contributed by atoms with van der Waals surface area (Å²) in [4.78, 5) is 12.2. The molecule has 0 saturated heterocycles. The second-order valence-electron chi connectivity index (χ2n) is 3.64. The largest absolute Gasteiger partial charge is 0.313 e. The summed E-state index contributed by atoms with van der Waals surface area (Å²) in [6.07, 6.45) is 1.76. The van der Waals surface area contributed by atoms with Gasteiger partial charge >= 0.3 is 0 Å². The van der Waals surface area contributed by atoms with Gasteiger partial charge in [-0.1, -0.05) is 29.3 Å². The highest BCUT2D eigenvalue weighted by atomic mass is 35.5. The molecule has 0 N–H and O–H groups in total. The minimum Gasteiger partial charge on any atom is -0.313 e.